The molecular weight excluding hydrogens is 338 g/mol. The molecule has 142 valence electrons. The van der Waals surface area contributed by atoms with E-state index in [-0.39, 0.29) is 5.91 Å². The summed E-state index contributed by atoms with van der Waals surface area (Å²) in [6, 6.07) is 18.3. The van der Waals surface area contributed by atoms with Gasteiger partial charge in [0.15, 0.2) is 0 Å². The predicted molar refractivity (Wildman–Crippen MR) is 108 cm³/mol. The van der Waals surface area contributed by atoms with E-state index < -0.39 is 23.0 Å². The van der Waals surface area contributed by atoms with Crippen molar-refractivity contribution in [3.8, 4) is 0 Å². The zero-order valence-electron chi connectivity index (χ0n) is 16.4. The van der Waals surface area contributed by atoms with Gasteiger partial charge in [0.25, 0.3) is 5.91 Å². The summed E-state index contributed by atoms with van der Waals surface area (Å²) in [7, 11) is 0. The van der Waals surface area contributed by atoms with Crippen LogP contribution < -0.4 is 5.32 Å². The maximum atomic E-state index is 13.1. The van der Waals surface area contributed by atoms with Crippen LogP contribution >= 0.6 is 0 Å². The first-order valence-electron chi connectivity index (χ1n) is 8.96. The summed E-state index contributed by atoms with van der Waals surface area (Å²) in [4.78, 5) is 26.0. The first-order chi connectivity index (χ1) is 12.7. The molecule has 27 heavy (non-hydrogen) atoms. The van der Waals surface area contributed by atoms with Crippen LogP contribution in [0.4, 0.5) is 0 Å². The Kier molecular flexibility index (Phi) is 6.21. The van der Waals surface area contributed by atoms with Gasteiger partial charge >= 0.3 is 5.97 Å². The van der Waals surface area contributed by atoms with E-state index in [4.69, 9.17) is 4.74 Å². The van der Waals surface area contributed by atoms with Crippen molar-refractivity contribution in [3.05, 3.63) is 84.4 Å². The van der Waals surface area contributed by atoms with Crippen LogP contribution in [0.25, 0.3) is 0 Å². The molecule has 2 aromatic carbocycles. The van der Waals surface area contributed by atoms with Crippen molar-refractivity contribution >= 4 is 11.9 Å². The molecule has 0 unspecified atom stereocenters. The highest BCUT2D eigenvalue weighted by atomic mass is 16.6. The molecule has 0 aliphatic rings. The smallest absolute Gasteiger partial charge is 0.333 e. The molecule has 4 nitrogen and oxygen atoms in total. The lowest BCUT2D eigenvalue weighted by Crippen LogP contribution is -2.57. The van der Waals surface area contributed by atoms with Gasteiger partial charge < -0.3 is 10.1 Å². The molecule has 0 bridgehead atoms. The Hall–Kier alpha value is -2.88. The minimum absolute atomic E-state index is 0.341. The lowest BCUT2D eigenvalue weighted by atomic mass is 9.80. The Morgan fingerprint density at radius 3 is 1.96 bits per heavy atom. The maximum Gasteiger partial charge on any atom is 0.333 e. The highest BCUT2D eigenvalue weighted by Gasteiger charge is 2.45. The Balaban J connectivity index is 2.45. The summed E-state index contributed by atoms with van der Waals surface area (Å²) in [6.07, 6.45) is 1.67. The highest BCUT2D eigenvalue weighted by Crippen LogP contribution is 2.32. The highest BCUT2D eigenvalue weighted by molar-refractivity contribution is 5.98. The van der Waals surface area contributed by atoms with E-state index in [0.717, 1.165) is 5.56 Å². The molecule has 0 aromatic heterocycles. The Bertz CT molecular complexity index is 793. The fraction of sp³-hybridized carbons (Fsp3) is 0.304. The van der Waals surface area contributed by atoms with Crippen LogP contribution in [0.3, 0.4) is 0 Å². The topological polar surface area (TPSA) is 55.4 Å². The summed E-state index contributed by atoms with van der Waals surface area (Å²) < 4.78 is 5.64. The fourth-order valence-corrected chi connectivity index (χ4v) is 2.90. The van der Waals surface area contributed by atoms with Gasteiger partial charge in [0.05, 0.1) is 0 Å². The zero-order valence-corrected chi connectivity index (χ0v) is 16.4. The van der Waals surface area contributed by atoms with Crippen molar-refractivity contribution in [2.45, 2.75) is 44.8 Å². The van der Waals surface area contributed by atoms with Crippen molar-refractivity contribution in [1.82, 2.24) is 5.32 Å². The van der Waals surface area contributed by atoms with Gasteiger partial charge in [-0.15, -0.1) is 6.58 Å². The molecule has 2 atom stereocenters. The Morgan fingerprint density at radius 2 is 1.48 bits per heavy atom. The molecule has 0 aliphatic heterocycles. The van der Waals surface area contributed by atoms with Crippen molar-refractivity contribution < 1.29 is 14.3 Å². The number of nitrogens with one attached hydrogen (secondary N) is 1. The number of amides is 1. The number of hydrogen-bond acceptors (Lipinski definition) is 3. The number of ether oxygens (including phenoxy) is 1. The SMILES string of the molecule is C=C[C@@H](c1ccccc1)[C@@](C)(NC(=O)c1ccccc1)C(=O)OC(C)(C)C. The molecule has 4 heteroatoms. The van der Waals surface area contributed by atoms with Crippen molar-refractivity contribution in [3.63, 3.8) is 0 Å². The van der Waals surface area contributed by atoms with Crippen LogP contribution in [0.15, 0.2) is 73.3 Å². The standard InChI is InChI=1S/C23H27NO3/c1-6-19(17-13-9-7-10-14-17)23(5,21(26)27-22(2,3)4)24-20(25)18-15-11-8-12-16-18/h6-16,19H,1H2,2-5H3,(H,24,25)/t19-,23+/m0/s1. The average Bonchev–Trinajstić information content (AvgIpc) is 2.62. The summed E-state index contributed by atoms with van der Waals surface area (Å²) in [5, 5.41) is 2.90. The second kappa shape index (κ2) is 8.21. The number of rotatable bonds is 6. The first kappa shape index (κ1) is 20.4. The van der Waals surface area contributed by atoms with Crippen LogP contribution in [0.5, 0.6) is 0 Å². The van der Waals surface area contributed by atoms with Crippen LogP contribution in [0.1, 0.15) is 49.5 Å². The van der Waals surface area contributed by atoms with Crippen molar-refractivity contribution in [1.29, 1.82) is 0 Å². The molecule has 0 spiro atoms. The molecule has 2 rings (SSSR count). The van der Waals surface area contributed by atoms with Gasteiger partial charge in [-0.05, 0) is 45.4 Å². The second-order valence-corrected chi connectivity index (χ2v) is 7.65. The molecule has 1 N–H and O–H groups in total. The van der Waals surface area contributed by atoms with Crippen molar-refractivity contribution in [2.75, 3.05) is 0 Å². The molecule has 1 amide bonds. The molecule has 2 aromatic rings. The average molecular weight is 365 g/mol. The number of benzene rings is 2. The van der Waals surface area contributed by atoms with E-state index in [1.807, 2.05) is 36.4 Å². The number of hydrogen-bond donors (Lipinski definition) is 1. The number of carbonyl (C=O) groups excluding carboxylic acids is 2. The summed E-state index contributed by atoms with van der Waals surface area (Å²) in [6.45, 7) is 11.0. The molecule has 0 radical (unpaired) electrons. The van der Waals surface area contributed by atoms with E-state index in [0.29, 0.717) is 5.56 Å². The van der Waals surface area contributed by atoms with Gasteiger partial charge in [-0.2, -0.15) is 0 Å². The quantitative estimate of drug-likeness (QED) is 0.606. The normalized spacial score (nSPS) is 14.5. The lowest BCUT2D eigenvalue weighted by molar-refractivity contribution is -0.162. The fourth-order valence-electron chi connectivity index (χ4n) is 2.90. The molecule has 0 saturated heterocycles. The van der Waals surface area contributed by atoms with E-state index in [9.17, 15) is 9.59 Å². The summed E-state index contributed by atoms with van der Waals surface area (Å²) >= 11 is 0. The monoisotopic (exact) mass is 365 g/mol. The van der Waals surface area contributed by atoms with Gasteiger partial charge in [-0.1, -0.05) is 54.6 Å². The molecule has 0 heterocycles. The number of carbonyl (C=O) groups is 2. The van der Waals surface area contributed by atoms with E-state index in [2.05, 4.69) is 11.9 Å². The third-order valence-electron chi connectivity index (χ3n) is 4.25. The van der Waals surface area contributed by atoms with E-state index in [1.54, 1.807) is 58.0 Å². The molecule has 0 saturated carbocycles. The van der Waals surface area contributed by atoms with Gasteiger partial charge in [0.1, 0.15) is 11.1 Å². The largest absolute Gasteiger partial charge is 0.458 e. The molecule has 0 fully saturated rings. The van der Waals surface area contributed by atoms with Gasteiger partial charge in [-0.3, -0.25) is 4.79 Å². The summed E-state index contributed by atoms with van der Waals surface area (Å²) in [5.74, 6) is -1.30. The van der Waals surface area contributed by atoms with Gasteiger partial charge in [0, 0.05) is 11.5 Å². The Morgan fingerprint density at radius 1 is 0.963 bits per heavy atom. The second-order valence-electron chi connectivity index (χ2n) is 7.65. The molecule has 0 aliphatic carbocycles. The van der Waals surface area contributed by atoms with Crippen LogP contribution in [-0.2, 0) is 9.53 Å². The van der Waals surface area contributed by atoms with E-state index in [1.165, 1.54) is 0 Å². The van der Waals surface area contributed by atoms with Crippen LogP contribution in [0.2, 0.25) is 0 Å². The lowest BCUT2D eigenvalue weighted by Gasteiger charge is -2.37. The first-order valence-corrected chi connectivity index (χ1v) is 8.96. The minimum Gasteiger partial charge on any atom is -0.458 e. The maximum absolute atomic E-state index is 13.1. The zero-order chi connectivity index (χ0) is 20.1. The van der Waals surface area contributed by atoms with Crippen LogP contribution in [0, 0.1) is 0 Å². The van der Waals surface area contributed by atoms with Gasteiger partial charge in [-0.25, -0.2) is 4.79 Å². The van der Waals surface area contributed by atoms with Crippen molar-refractivity contribution in [2.24, 2.45) is 0 Å². The van der Waals surface area contributed by atoms with E-state index >= 15 is 0 Å². The summed E-state index contributed by atoms with van der Waals surface area (Å²) in [5.41, 5.74) is -0.654. The van der Waals surface area contributed by atoms with Crippen LogP contribution in [-0.4, -0.2) is 23.0 Å². The minimum atomic E-state index is -1.32. The third kappa shape index (κ3) is 5.07. The van der Waals surface area contributed by atoms with Gasteiger partial charge in [0.2, 0.25) is 0 Å². The third-order valence-corrected chi connectivity index (χ3v) is 4.25. The number of esters is 1. The molecular formula is C23H27NO3. The predicted octanol–water partition coefficient (Wildman–Crippen LogP) is 4.49. The Labute approximate surface area is 161 Å².